The van der Waals surface area contributed by atoms with Crippen LogP contribution in [-0.4, -0.2) is 23.5 Å². The summed E-state index contributed by atoms with van der Waals surface area (Å²) in [6.45, 7) is 1.72. The van der Waals surface area contributed by atoms with Crippen LogP contribution in [0.4, 0.5) is 17.1 Å². The molecule has 0 aliphatic carbocycles. The van der Waals surface area contributed by atoms with Gasteiger partial charge in [0.15, 0.2) is 11.5 Å². The SMILES string of the molecule is Cc1ccc(C(=O)Nc2ccccc2C(=O)Nc2ccc3c(c2)OCO3)cc1[N+](=O)[O-]. The lowest BCUT2D eigenvalue weighted by Gasteiger charge is -2.12. The number of para-hydroxylation sites is 1. The minimum atomic E-state index is -0.563. The first-order valence-corrected chi connectivity index (χ1v) is 9.29. The summed E-state index contributed by atoms with van der Waals surface area (Å²) in [7, 11) is 0. The van der Waals surface area contributed by atoms with Crippen molar-refractivity contribution in [2.75, 3.05) is 17.4 Å². The fraction of sp³-hybridized carbons (Fsp3) is 0.0909. The van der Waals surface area contributed by atoms with Gasteiger partial charge in [0.05, 0.1) is 16.2 Å². The van der Waals surface area contributed by atoms with Crippen LogP contribution in [0.15, 0.2) is 60.7 Å². The van der Waals surface area contributed by atoms with Crippen LogP contribution in [0.5, 0.6) is 11.5 Å². The van der Waals surface area contributed by atoms with Gasteiger partial charge in [-0.05, 0) is 37.3 Å². The highest BCUT2D eigenvalue weighted by Gasteiger charge is 2.19. The second-order valence-corrected chi connectivity index (χ2v) is 6.78. The quantitative estimate of drug-likeness (QED) is 0.474. The number of hydrogen-bond acceptors (Lipinski definition) is 6. The number of fused-ring (bicyclic) bond motifs is 1. The summed E-state index contributed by atoms with van der Waals surface area (Å²) in [5, 5.41) is 16.6. The summed E-state index contributed by atoms with van der Waals surface area (Å²) in [6.07, 6.45) is 0. The predicted octanol–water partition coefficient (Wildman–Crippen LogP) is 4.14. The van der Waals surface area contributed by atoms with Gasteiger partial charge in [0, 0.05) is 28.9 Å². The lowest BCUT2D eigenvalue weighted by atomic mass is 10.1. The molecule has 0 atom stereocenters. The lowest BCUT2D eigenvalue weighted by molar-refractivity contribution is -0.385. The third-order valence-electron chi connectivity index (χ3n) is 4.72. The second kappa shape index (κ2) is 8.15. The van der Waals surface area contributed by atoms with Crippen LogP contribution in [0.25, 0.3) is 0 Å². The van der Waals surface area contributed by atoms with Crippen molar-refractivity contribution in [3.63, 3.8) is 0 Å². The maximum Gasteiger partial charge on any atom is 0.273 e. The molecular formula is C22H17N3O6. The number of nitro groups is 1. The summed E-state index contributed by atoms with van der Waals surface area (Å²) >= 11 is 0. The van der Waals surface area contributed by atoms with E-state index in [2.05, 4.69) is 10.6 Å². The molecule has 3 aromatic rings. The summed E-state index contributed by atoms with van der Waals surface area (Å²) in [5.74, 6) is 0.120. The van der Waals surface area contributed by atoms with Gasteiger partial charge in [-0.3, -0.25) is 19.7 Å². The molecule has 9 nitrogen and oxygen atoms in total. The standard InChI is InChI=1S/C22H17N3O6/c1-13-6-7-14(10-18(13)25(28)29)21(26)24-17-5-3-2-4-16(17)22(27)23-15-8-9-19-20(11-15)31-12-30-19/h2-11H,12H2,1H3,(H,23,27)(H,24,26). The Labute approximate surface area is 176 Å². The van der Waals surface area contributed by atoms with E-state index in [0.717, 1.165) is 0 Å². The highest BCUT2D eigenvalue weighted by atomic mass is 16.7. The first-order valence-electron chi connectivity index (χ1n) is 9.29. The molecule has 1 aliphatic heterocycles. The number of anilines is 2. The van der Waals surface area contributed by atoms with Crippen LogP contribution in [0, 0.1) is 17.0 Å². The number of amides is 2. The van der Waals surface area contributed by atoms with Gasteiger partial charge in [0.25, 0.3) is 17.5 Å². The molecule has 2 N–H and O–H groups in total. The number of hydrogen-bond donors (Lipinski definition) is 2. The number of nitrogens with zero attached hydrogens (tertiary/aromatic N) is 1. The molecule has 31 heavy (non-hydrogen) atoms. The molecule has 4 rings (SSSR count). The Morgan fingerprint density at radius 3 is 2.52 bits per heavy atom. The van der Waals surface area contributed by atoms with E-state index in [1.165, 1.54) is 18.2 Å². The van der Waals surface area contributed by atoms with Gasteiger partial charge in [-0.15, -0.1) is 0 Å². The number of nitrogens with one attached hydrogen (secondary N) is 2. The Kier molecular flexibility index (Phi) is 5.23. The zero-order chi connectivity index (χ0) is 22.0. The Hall–Kier alpha value is -4.40. The van der Waals surface area contributed by atoms with Gasteiger partial charge in [-0.1, -0.05) is 18.2 Å². The molecule has 0 bridgehead atoms. The molecule has 156 valence electrons. The van der Waals surface area contributed by atoms with E-state index in [0.29, 0.717) is 22.7 Å². The van der Waals surface area contributed by atoms with E-state index in [1.807, 2.05) is 0 Å². The number of carbonyl (C=O) groups excluding carboxylic acids is 2. The Morgan fingerprint density at radius 1 is 0.935 bits per heavy atom. The van der Waals surface area contributed by atoms with Gasteiger partial charge in [0.2, 0.25) is 6.79 Å². The summed E-state index contributed by atoms with van der Waals surface area (Å²) < 4.78 is 10.6. The van der Waals surface area contributed by atoms with Crippen molar-refractivity contribution in [3.05, 3.63) is 87.5 Å². The maximum atomic E-state index is 12.8. The molecule has 1 heterocycles. The van der Waals surface area contributed by atoms with Gasteiger partial charge >= 0.3 is 0 Å². The Morgan fingerprint density at radius 2 is 1.71 bits per heavy atom. The van der Waals surface area contributed by atoms with E-state index in [9.17, 15) is 19.7 Å². The van der Waals surface area contributed by atoms with Gasteiger partial charge in [-0.2, -0.15) is 0 Å². The van der Waals surface area contributed by atoms with Gasteiger partial charge < -0.3 is 20.1 Å². The smallest absolute Gasteiger partial charge is 0.273 e. The van der Waals surface area contributed by atoms with Crippen LogP contribution in [0.3, 0.4) is 0 Å². The van der Waals surface area contributed by atoms with Crippen molar-refractivity contribution in [2.45, 2.75) is 6.92 Å². The molecule has 3 aromatic carbocycles. The van der Waals surface area contributed by atoms with Crippen LogP contribution >= 0.6 is 0 Å². The zero-order valence-corrected chi connectivity index (χ0v) is 16.4. The average Bonchev–Trinajstić information content (AvgIpc) is 3.22. The summed E-state index contributed by atoms with van der Waals surface area (Å²) in [4.78, 5) is 36.1. The van der Waals surface area contributed by atoms with Crippen molar-refractivity contribution >= 4 is 28.9 Å². The normalized spacial score (nSPS) is 11.6. The van der Waals surface area contributed by atoms with E-state index >= 15 is 0 Å². The number of rotatable bonds is 5. The number of carbonyl (C=O) groups is 2. The molecule has 0 saturated heterocycles. The molecule has 0 fully saturated rings. The molecule has 0 aromatic heterocycles. The van der Waals surface area contributed by atoms with Crippen LogP contribution in [0.2, 0.25) is 0 Å². The Balaban J connectivity index is 1.54. The first kappa shape index (κ1) is 19.9. The van der Waals surface area contributed by atoms with Crippen LogP contribution in [0.1, 0.15) is 26.3 Å². The fourth-order valence-corrected chi connectivity index (χ4v) is 3.10. The minimum absolute atomic E-state index is 0.114. The molecule has 0 saturated carbocycles. The van der Waals surface area contributed by atoms with Gasteiger partial charge in [0.1, 0.15) is 0 Å². The van der Waals surface area contributed by atoms with Crippen LogP contribution in [-0.2, 0) is 0 Å². The topological polar surface area (TPSA) is 120 Å². The first-order chi connectivity index (χ1) is 14.9. The van der Waals surface area contributed by atoms with Crippen molar-refractivity contribution in [2.24, 2.45) is 0 Å². The average molecular weight is 419 g/mol. The Bertz CT molecular complexity index is 1210. The summed E-state index contributed by atoms with van der Waals surface area (Å²) in [6, 6.07) is 15.7. The van der Waals surface area contributed by atoms with E-state index in [4.69, 9.17) is 9.47 Å². The molecule has 2 amide bonds. The van der Waals surface area contributed by atoms with Crippen molar-refractivity contribution in [3.8, 4) is 11.5 Å². The van der Waals surface area contributed by atoms with E-state index in [1.54, 1.807) is 49.4 Å². The molecule has 0 unspecified atom stereocenters. The molecular weight excluding hydrogens is 402 g/mol. The largest absolute Gasteiger partial charge is 0.454 e. The maximum absolute atomic E-state index is 12.8. The predicted molar refractivity (Wildman–Crippen MR) is 113 cm³/mol. The monoisotopic (exact) mass is 419 g/mol. The van der Waals surface area contributed by atoms with E-state index < -0.39 is 16.7 Å². The molecule has 1 aliphatic rings. The lowest BCUT2D eigenvalue weighted by Crippen LogP contribution is -2.18. The van der Waals surface area contributed by atoms with Crippen molar-refractivity contribution in [1.82, 2.24) is 0 Å². The van der Waals surface area contributed by atoms with Gasteiger partial charge in [-0.25, -0.2) is 0 Å². The molecule has 0 spiro atoms. The number of benzene rings is 3. The molecule has 9 heteroatoms. The van der Waals surface area contributed by atoms with Crippen molar-refractivity contribution in [1.29, 1.82) is 0 Å². The highest BCUT2D eigenvalue weighted by Crippen LogP contribution is 2.34. The third kappa shape index (κ3) is 4.15. The zero-order valence-electron chi connectivity index (χ0n) is 16.4. The number of nitro benzene ring substituents is 1. The second-order valence-electron chi connectivity index (χ2n) is 6.78. The minimum Gasteiger partial charge on any atom is -0.454 e. The number of aryl methyl sites for hydroxylation is 1. The third-order valence-corrected chi connectivity index (χ3v) is 4.72. The van der Waals surface area contributed by atoms with Crippen molar-refractivity contribution < 1.29 is 24.0 Å². The van der Waals surface area contributed by atoms with E-state index in [-0.39, 0.29) is 29.3 Å². The highest BCUT2D eigenvalue weighted by molar-refractivity contribution is 6.12. The fourth-order valence-electron chi connectivity index (χ4n) is 3.10. The number of ether oxygens (including phenoxy) is 2. The summed E-state index contributed by atoms with van der Waals surface area (Å²) in [5.41, 5.74) is 1.42. The molecule has 0 radical (unpaired) electrons. The van der Waals surface area contributed by atoms with Crippen LogP contribution < -0.4 is 20.1 Å².